The number of nitrogens with one attached hydrogen (secondary N) is 1. The van der Waals surface area contributed by atoms with Gasteiger partial charge in [-0.1, -0.05) is 0 Å². The van der Waals surface area contributed by atoms with Gasteiger partial charge in [0.2, 0.25) is 5.91 Å². The molecule has 1 amide bonds. The van der Waals surface area contributed by atoms with Gasteiger partial charge in [-0.2, -0.15) is 12.6 Å². The van der Waals surface area contributed by atoms with Gasteiger partial charge >= 0.3 is 0 Å². The molecular formula is C10H17NOS. The standard InChI is InChI=1S/C10H17NOS/c1-7(13)9(12)11-6-10(4-5-10)8-2-3-8/h7-8,13H,2-6H2,1H3,(H,11,12). The predicted octanol–water partition coefficient (Wildman–Crippen LogP) is 1.61. The lowest BCUT2D eigenvalue weighted by atomic mass is 10.0. The van der Waals surface area contributed by atoms with Crippen LogP contribution in [0.4, 0.5) is 0 Å². The molecule has 2 fully saturated rings. The van der Waals surface area contributed by atoms with Crippen LogP contribution in [0.1, 0.15) is 32.6 Å². The highest BCUT2D eigenvalue weighted by Gasteiger charge is 2.53. The van der Waals surface area contributed by atoms with Gasteiger partial charge in [-0.3, -0.25) is 4.79 Å². The van der Waals surface area contributed by atoms with Crippen molar-refractivity contribution in [2.75, 3.05) is 6.54 Å². The molecule has 0 bridgehead atoms. The van der Waals surface area contributed by atoms with Crippen molar-refractivity contribution >= 4 is 18.5 Å². The molecular weight excluding hydrogens is 182 g/mol. The Labute approximate surface area is 84.9 Å². The molecule has 3 heteroatoms. The maximum absolute atomic E-state index is 11.3. The molecule has 13 heavy (non-hydrogen) atoms. The van der Waals surface area contributed by atoms with Crippen LogP contribution in [0.15, 0.2) is 0 Å². The molecule has 1 N–H and O–H groups in total. The molecule has 0 aromatic heterocycles. The lowest BCUT2D eigenvalue weighted by molar-refractivity contribution is -0.120. The van der Waals surface area contributed by atoms with Gasteiger partial charge in [0.1, 0.15) is 0 Å². The lowest BCUT2D eigenvalue weighted by Gasteiger charge is -2.15. The second-order valence-corrected chi connectivity index (χ2v) is 5.31. The third-order valence-electron chi connectivity index (χ3n) is 3.33. The average Bonchev–Trinajstić information content (AvgIpc) is 2.90. The second-order valence-electron chi connectivity index (χ2n) is 4.53. The summed E-state index contributed by atoms with van der Waals surface area (Å²) >= 11 is 4.10. The summed E-state index contributed by atoms with van der Waals surface area (Å²) in [5.41, 5.74) is 0.512. The van der Waals surface area contributed by atoms with Gasteiger partial charge in [-0.05, 0) is 43.9 Å². The smallest absolute Gasteiger partial charge is 0.232 e. The van der Waals surface area contributed by atoms with Crippen molar-refractivity contribution < 1.29 is 4.79 Å². The van der Waals surface area contributed by atoms with Crippen LogP contribution in [0.2, 0.25) is 0 Å². The van der Waals surface area contributed by atoms with Gasteiger partial charge in [0.15, 0.2) is 0 Å². The minimum Gasteiger partial charge on any atom is -0.355 e. The zero-order chi connectivity index (χ0) is 9.47. The summed E-state index contributed by atoms with van der Waals surface area (Å²) in [6.07, 6.45) is 5.40. The Bertz CT molecular complexity index is 219. The molecule has 0 aliphatic heterocycles. The molecule has 2 rings (SSSR count). The molecule has 2 nitrogen and oxygen atoms in total. The molecule has 1 atom stereocenters. The topological polar surface area (TPSA) is 29.1 Å². The molecule has 2 saturated carbocycles. The van der Waals surface area contributed by atoms with Crippen molar-refractivity contribution in [3.8, 4) is 0 Å². The molecule has 2 aliphatic rings. The van der Waals surface area contributed by atoms with Crippen molar-refractivity contribution in [2.45, 2.75) is 37.9 Å². The number of thiol groups is 1. The van der Waals surface area contributed by atoms with Crippen LogP contribution in [0, 0.1) is 11.3 Å². The minimum atomic E-state index is -0.171. The van der Waals surface area contributed by atoms with E-state index in [1.807, 2.05) is 6.92 Å². The van der Waals surface area contributed by atoms with E-state index >= 15 is 0 Å². The van der Waals surface area contributed by atoms with E-state index in [1.54, 1.807) is 0 Å². The minimum absolute atomic E-state index is 0.0789. The number of carbonyl (C=O) groups is 1. The Kier molecular flexibility index (Phi) is 2.30. The SMILES string of the molecule is CC(S)C(=O)NCC1(C2CC2)CC1. The Morgan fingerprint density at radius 3 is 2.62 bits per heavy atom. The Morgan fingerprint density at radius 2 is 2.23 bits per heavy atom. The third kappa shape index (κ3) is 2.01. The van der Waals surface area contributed by atoms with Crippen LogP contribution >= 0.6 is 12.6 Å². The van der Waals surface area contributed by atoms with Gasteiger partial charge in [0.25, 0.3) is 0 Å². The first kappa shape index (κ1) is 9.38. The fourth-order valence-corrected chi connectivity index (χ4v) is 2.09. The van der Waals surface area contributed by atoms with E-state index in [-0.39, 0.29) is 11.2 Å². The zero-order valence-corrected chi connectivity index (χ0v) is 8.94. The monoisotopic (exact) mass is 199 g/mol. The van der Waals surface area contributed by atoms with Crippen LogP contribution in [-0.4, -0.2) is 17.7 Å². The number of rotatable bonds is 4. The maximum atomic E-state index is 11.3. The molecule has 1 unspecified atom stereocenters. The van der Waals surface area contributed by atoms with Crippen LogP contribution in [0.25, 0.3) is 0 Å². The van der Waals surface area contributed by atoms with Gasteiger partial charge in [-0.25, -0.2) is 0 Å². The molecule has 0 heterocycles. The number of carbonyl (C=O) groups excluding carboxylic acids is 1. The summed E-state index contributed by atoms with van der Waals surface area (Å²) in [7, 11) is 0. The van der Waals surface area contributed by atoms with Crippen LogP contribution in [0.5, 0.6) is 0 Å². The summed E-state index contributed by atoms with van der Waals surface area (Å²) in [4.78, 5) is 11.3. The third-order valence-corrected chi connectivity index (χ3v) is 3.56. The number of hydrogen-bond acceptors (Lipinski definition) is 2. The highest BCUT2D eigenvalue weighted by Crippen LogP contribution is 2.60. The van der Waals surface area contributed by atoms with E-state index in [2.05, 4.69) is 17.9 Å². The summed E-state index contributed by atoms with van der Waals surface area (Å²) < 4.78 is 0. The number of hydrogen-bond donors (Lipinski definition) is 2. The first-order chi connectivity index (χ1) is 6.14. The van der Waals surface area contributed by atoms with Crippen molar-refractivity contribution in [1.29, 1.82) is 0 Å². The van der Waals surface area contributed by atoms with Crippen molar-refractivity contribution in [2.24, 2.45) is 11.3 Å². The van der Waals surface area contributed by atoms with Crippen molar-refractivity contribution in [3.05, 3.63) is 0 Å². The Balaban J connectivity index is 1.76. The normalized spacial score (nSPS) is 26.6. The van der Waals surface area contributed by atoms with E-state index in [0.717, 1.165) is 12.5 Å². The maximum Gasteiger partial charge on any atom is 0.232 e. The van der Waals surface area contributed by atoms with E-state index in [1.165, 1.54) is 25.7 Å². The zero-order valence-electron chi connectivity index (χ0n) is 8.05. The van der Waals surface area contributed by atoms with Crippen LogP contribution in [-0.2, 0) is 4.79 Å². The fraction of sp³-hybridized carbons (Fsp3) is 0.900. The van der Waals surface area contributed by atoms with Gasteiger partial charge in [-0.15, -0.1) is 0 Å². The summed E-state index contributed by atoms with van der Waals surface area (Å²) in [5, 5.41) is 2.82. The average molecular weight is 199 g/mol. The largest absolute Gasteiger partial charge is 0.355 e. The summed E-state index contributed by atoms with van der Waals surface area (Å²) in [6.45, 7) is 2.70. The van der Waals surface area contributed by atoms with Crippen molar-refractivity contribution in [3.63, 3.8) is 0 Å². The molecule has 0 spiro atoms. The molecule has 0 aromatic carbocycles. The van der Waals surface area contributed by atoms with Crippen molar-refractivity contribution in [1.82, 2.24) is 5.32 Å². The second kappa shape index (κ2) is 3.19. The predicted molar refractivity (Wildman–Crippen MR) is 55.8 cm³/mol. The Hall–Kier alpha value is -0.180. The fourth-order valence-electron chi connectivity index (χ4n) is 2.00. The molecule has 0 aromatic rings. The van der Waals surface area contributed by atoms with E-state index in [9.17, 15) is 4.79 Å². The Morgan fingerprint density at radius 1 is 1.62 bits per heavy atom. The highest BCUT2D eigenvalue weighted by atomic mass is 32.1. The highest BCUT2D eigenvalue weighted by molar-refractivity contribution is 7.81. The number of amides is 1. The van der Waals surface area contributed by atoms with Gasteiger partial charge < -0.3 is 5.32 Å². The molecule has 0 saturated heterocycles. The first-order valence-electron chi connectivity index (χ1n) is 5.10. The van der Waals surface area contributed by atoms with Crippen LogP contribution in [0.3, 0.4) is 0 Å². The quantitative estimate of drug-likeness (QED) is 0.662. The van der Waals surface area contributed by atoms with E-state index in [0.29, 0.717) is 5.41 Å². The van der Waals surface area contributed by atoms with Gasteiger partial charge in [0.05, 0.1) is 5.25 Å². The lowest BCUT2D eigenvalue weighted by Crippen LogP contribution is -2.35. The molecule has 0 radical (unpaired) electrons. The van der Waals surface area contributed by atoms with E-state index in [4.69, 9.17) is 0 Å². The molecule has 2 aliphatic carbocycles. The van der Waals surface area contributed by atoms with Crippen LogP contribution < -0.4 is 5.32 Å². The molecule has 74 valence electrons. The van der Waals surface area contributed by atoms with Gasteiger partial charge in [0, 0.05) is 6.54 Å². The first-order valence-corrected chi connectivity index (χ1v) is 5.61. The summed E-state index contributed by atoms with van der Waals surface area (Å²) in [6, 6.07) is 0. The summed E-state index contributed by atoms with van der Waals surface area (Å²) in [5.74, 6) is 0.998. The van der Waals surface area contributed by atoms with E-state index < -0.39 is 0 Å².